The molecular formula is C41H28N2O. The molecule has 0 bridgehead atoms. The lowest BCUT2D eigenvalue weighted by molar-refractivity contribution is 0.669. The fraction of sp³-hybridized carbons (Fsp3) is 0.0488. The van der Waals surface area contributed by atoms with Crippen LogP contribution in [0.1, 0.15) is 12.7 Å². The van der Waals surface area contributed by atoms with Crippen molar-refractivity contribution in [1.82, 2.24) is 9.55 Å². The molecule has 3 heteroatoms. The van der Waals surface area contributed by atoms with Crippen molar-refractivity contribution in [2.45, 2.75) is 13.3 Å². The van der Waals surface area contributed by atoms with Crippen molar-refractivity contribution in [3.05, 3.63) is 145 Å². The Bertz CT molecular complexity index is 2490. The van der Waals surface area contributed by atoms with Crippen LogP contribution < -0.4 is 0 Å². The predicted molar refractivity (Wildman–Crippen MR) is 184 cm³/mol. The molecule has 208 valence electrons. The summed E-state index contributed by atoms with van der Waals surface area (Å²) in [7, 11) is 0. The standard InChI is InChI=1S/C41H28N2O/c1-2-39-42-35-19-8-9-20-36(35)43(39)28-13-11-12-26(24-28)40-30-15-3-5-17-32(30)41(33-18-6-4-16-31(33)40)27-22-23-38-34(25-27)29-14-7-10-21-37(29)44-38/h3-25H,2H2,1H3. The molecule has 2 heterocycles. The Balaban J connectivity index is 1.32. The third-order valence-electron chi connectivity index (χ3n) is 8.94. The molecule has 0 N–H and O–H groups in total. The van der Waals surface area contributed by atoms with Gasteiger partial charge >= 0.3 is 0 Å². The van der Waals surface area contributed by atoms with E-state index in [0.717, 1.165) is 50.9 Å². The smallest absolute Gasteiger partial charge is 0.135 e. The third kappa shape index (κ3) is 3.66. The van der Waals surface area contributed by atoms with Gasteiger partial charge in [-0.15, -0.1) is 0 Å². The summed E-state index contributed by atoms with van der Waals surface area (Å²) >= 11 is 0. The highest BCUT2D eigenvalue weighted by Gasteiger charge is 2.19. The summed E-state index contributed by atoms with van der Waals surface area (Å²) in [5.74, 6) is 1.07. The highest BCUT2D eigenvalue weighted by Crippen LogP contribution is 2.45. The van der Waals surface area contributed by atoms with Crippen LogP contribution in [0, 0.1) is 0 Å². The Hall–Kier alpha value is -5.67. The first-order chi connectivity index (χ1) is 21.8. The van der Waals surface area contributed by atoms with Crippen LogP contribution in [0.5, 0.6) is 0 Å². The Labute approximate surface area is 254 Å². The minimum Gasteiger partial charge on any atom is -0.456 e. The van der Waals surface area contributed by atoms with E-state index in [0.29, 0.717) is 0 Å². The maximum Gasteiger partial charge on any atom is 0.135 e. The molecule has 7 aromatic carbocycles. The highest BCUT2D eigenvalue weighted by atomic mass is 16.3. The number of aromatic nitrogens is 2. The fourth-order valence-electron chi connectivity index (χ4n) is 7.03. The number of rotatable bonds is 4. The zero-order chi connectivity index (χ0) is 29.2. The lowest BCUT2D eigenvalue weighted by Gasteiger charge is -2.18. The third-order valence-corrected chi connectivity index (χ3v) is 8.94. The maximum atomic E-state index is 6.17. The second kappa shape index (κ2) is 9.68. The summed E-state index contributed by atoms with van der Waals surface area (Å²) in [6.45, 7) is 2.17. The number of para-hydroxylation sites is 3. The number of fused-ring (bicyclic) bond motifs is 6. The second-order valence-corrected chi connectivity index (χ2v) is 11.4. The van der Waals surface area contributed by atoms with Crippen LogP contribution in [0.3, 0.4) is 0 Å². The van der Waals surface area contributed by atoms with E-state index >= 15 is 0 Å². The molecular weight excluding hydrogens is 536 g/mol. The fourth-order valence-corrected chi connectivity index (χ4v) is 7.03. The first-order valence-corrected chi connectivity index (χ1v) is 15.2. The zero-order valence-electron chi connectivity index (χ0n) is 24.3. The molecule has 0 aliphatic carbocycles. The van der Waals surface area contributed by atoms with E-state index in [2.05, 4.69) is 139 Å². The van der Waals surface area contributed by atoms with Gasteiger partial charge in [0, 0.05) is 22.9 Å². The largest absolute Gasteiger partial charge is 0.456 e. The lowest BCUT2D eigenvalue weighted by Crippen LogP contribution is -2.00. The molecule has 0 saturated carbocycles. The quantitative estimate of drug-likeness (QED) is 0.199. The molecule has 0 unspecified atom stereocenters. The van der Waals surface area contributed by atoms with E-state index in [1.165, 1.54) is 43.8 Å². The normalized spacial score (nSPS) is 11.8. The first kappa shape index (κ1) is 24.9. The van der Waals surface area contributed by atoms with Crippen LogP contribution in [0.15, 0.2) is 144 Å². The number of imidazole rings is 1. The van der Waals surface area contributed by atoms with Gasteiger partial charge in [-0.05, 0) is 86.3 Å². The minimum atomic E-state index is 0.857. The van der Waals surface area contributed by atoms with Gasteiger partial charge in [0.2, 0.25) is 0 Å². The van der Waals surface area contributed by atoms with Crippen LogP contribution in [0.4, 0.5) is 0 Å². The van der Waals surface area contributed by atoms with Crippen molar-refractivity contribution in [2.24, 2.45) is 0 Å². The SMILES string of the molecule is CCc1nc2ccccc2n1-c1cccc(-c2c3ccccc3c(-c3ccc4oc5ccccc5c4c3)c3ccccc23)c1. The summed E-state index contributed by atoms with van der Waals surface area (Å²) in [5.41, 5.74) is 9.99. The number of hydrogen-bond donors (Lipinski definition) is 0. The topological polar surface area (TPSA) is 31.0 Å². The molecule has 0 radical (unpaired) electrons. The number of nitrogens with zero attached hydrogens (tertiary/aromatic N) is 2. The summed E-state index contributed by atoms with van der Waals surface area (Å²) in [6.07, 6.45) is 0.857. The molecule has 9 aromatic rings. The van der Waals surface area contributed by atoms with Gasteiger partial charge in [0.15, 0.2) is 0 Å². The van der Waals surface area contributed by atoms with Crippen LogP contribution in [-0.2, 0) is 6.42 Å². The number of benzene rings is 7. The van der Waals surface area contributed by atoms with Gasteiger partial charge in [0.25, 0.3) is 0 Å². The van der Waals surface area contributed by atoms with Gasteiger partial charge in [-0.25, -0.2) is 4.98 Å². The molecule has 3 nitrogen and oxygen atoms in total. The Morgan fingerprint density at radius 3 is 1.82 bits per heavy atom. The van der Waals surface area contributed by atoms with Gasteiger partial charge < -0.3 is 4.42 Å². The van der Waals surface area contributed by atoms with Gasteiger partial charge in [-0.3, -0.25) is 4.57 Å². The van der Waals surface area contributed by atoms with Crippen molar-refractivity contribution < 1.29 is 4.42 Å². The van der Waals surface area contributed by atoms with Gasteiger partial charge in [-0.1, -0.05) is 104 Å². The molecule has 0 atom stereocenters. The highest BCUT2D eigenvalue weighted by molar-refractivity contribution is 6.22. The summed E-state index contributed by atoms with van der Waals surface area (Å²) < 4.78 is 8.48. The second-order valence-electron chi connectivity index (χ2n) is 11.4. The molecule has 0 amide bonds. The lowest BCUT2D eigenvalue weighted by atomic mass is 9.85. The number of furan rings is 1. The molecule has 0 fully saturated rings. The average molecular weight is 565 g/mol. The number of aryl methyl sites for hydroxylation is 1. The van der Waals surface area contributed by atoms with Gasteiger partial charge in [0.05, 0.1) is 11.0 Å². The summed E-state index contributed by atoms with van der Waals surface area (Å²) in [5, 5.41) is 7.23. The monoisotopic (exact) mass is 564 g/mol. The van der Waals surface area contributed by atoms with Crippen LogP contribution in [0.25, 0.3) is 82.5 Å². The first-order valence-electron chi connectivity index (χ1n) is 15.2. The van der Waals surface area contributed by atoms with Crippen molar-refractivity contribution in [3.63, 3.8) is 0 Å². The Morgan fingerprint density at radius 2 is 1.11 bits per heavy atom. The molecule has 0 saturated heterocycles. The van der Waals surface area contributed by atoms with Crippen molar-refractivity contribution >= 4 is 54.5 Å². The molecule has 44 heavy (non-hydrogen) atoms. The van der Waals surface area contributed by atoms with Crippen molar-refractivity contribution in [3.8, 4) is 27.9 Å². The van der Waals surface area contributed by atoms with Crippen LogP contribution in [0.2, 0.25) is 0 Å². The Morgan fingerprint density at radius 1 is 0.523 bits per heavy atom. The maximum absolute atomic E-state index is 6.17. The minimum absolute atomic E-state index is 0.857. The van der Waals surface area contributed by atoms with E-state index in [1.54, 1.807) is 0 Å². The van der Waals surface area contributed by atoms with Crippen LogP contribution in [-0.4, -0.2) is 9.55 Å². The predicted octanol–water partition coefficient (Wildman–Crippen LogP) is 11.1. The summed E-state index contributed by atoms with van der Waals surface area (Å²) in [4.78, 5) is 4.95. The average Bonchev–Trinajstić information content (AvgIpc) is 3.65. The van der Waals surface area contributed by atoms with E-state index in [1.807, 2.05) is 12.1 Å². The van der Waals surface area contributed by atoms with E-state index in [4.69, 9.17) is 9.40 Å². The van der Waals surface area contributed by atoms with E-state index in [9.17, 15) is 0 Å². The van der Waals surface area contributed by atoms with E-state index in [-0.39, 0.29) is 0 Å². The molecule has 0 aliphatic rings. The van der Waals surface area contributed by atoms with Gasteiger partial charge in [0.1, 0.15) is 17.0 Å². The molecule has 2 aromatic heterocycles. The Kier molecular flexibility index (Phi) is 5.48. The number of hydrogen-bond acceptors (Lipinski definition) is 2. The molecule has 0 aliphatic heterocycles. The van der Waals surface area contributed by atoms with Crippen LogP contribution >= 0.6 is 0 Å². The van der Waals surface area contributed by atoms with Gasteiger partial charge in [-0.2, -0.15) is 0 Å². The summed E-state index contributed by atoms with van der Waals surface area (Å²) in [6, 6.07) is 49.9. The van der Waals surface area contributed by atoms with Crippen molar-refractivity contribution in [1.29, 1.82) is 0 Å². The van der Waals surface area contributed by atoms with E-state index < -0.39 is 0 Å². The van der Waals surface area contributed by atoms with Crippen molar-refractivity contribution in [2.75, 3.05) is 0 Å². The zero-order valence-corrected chi connectivity index (χ0v) is 24.3. The molecule has 0 spiro atoms. The molecule has 9 rings (SSSR count).